The molecule has 0 aliphatic heterocycles. The van der Waals surface area contributed by atoms with Crippen molar-refractivity contribution in [1.82, 2.24) is 4.57 Å². The molecule has 0 saturated carbocycles. The van der Waals surface area contributed by atoms with E-state index < -0.39 is 0 Å². The highest BCUT2D eigenvalue weighted by molar-refractivity contribution is 6.15. The summed E-state index contributed by atoms with van der Waals surface area (Å²) in [5.41, 5.74) is 9.39. The summed E-state index contributed by atoms with van der Waals surface area (Å²) >= 11 is 0. The Hall–Kier alpha value is -3.52. The van der Waals surface area contributed by atoms with E-state index in [1.807, 2.05) is 0 Å². The predicted molar refractivity (Wildman–Crippen MR) is 164 cm³/mol. The van der Waals surface area contributed by atoms with Crippen molar-refractivity contribution in [2.24, 2.45) is 0 Å². The molecule has 194 valence electrons. The lowest BCUT2D eigenvalue weighted by molar-refractivity contribution is 0.550. The number of fused-ring (bicyclic) bond motifs is 6. The van der Waals surface area contributed by atoms with Gasteiger partial charge >= 0.3 is 0 Å². The summed E-state index contributed by atoms with van der Waals surface area (Å²) in [6, 6.07) is 26.9. The van der Waals surface area contributed by atoms with Gasteiger partial charge < -0.3 is 8.98 Å². The van der Waals surface area contributed by atoms with Crippen molar-refractivity contribution in [3.8, 4) is 5.69 Å². The van der Waals surface area contributed by atoms with Gasteiger partial charge in [0.25, 0.3) is 0 Å². The van der Waals surface area contributed by atoms with E-state index >= 15 is 0 Å². The quantitative estimate of drug-likeness (QED) is 0.219. The van der Waals surface area contributed by atoms with Crippen molar-refractivity contribution < 1.29 is 4.42 Å². The van der Waals surface area contributed by atoms with Crippen molar-refractivity contribution in [3.05, 3.63) is 89.5 Å². The minimum Gasteiger partial charge on any atom is -0.455 e. The molecule has 0 fully saturated rings. The molecule has 0 aliphatic carbocycles. The average molecular weight is 502 g/mol. The fourth-order valence-corrected chi connectivity index (χ4v) is 5.91. The molecule has 2 aromatic heterocycles. The first-order valence-electron chi connectivity index (χ1n) is 13.8. The Bertz CT molecular complexity index is 1800. The molecule has 4 aromatic carbocycles. The summed E-state index contributed by atoms with van der Waals surface area (Å²) in [5, 5.41) is 4.96. The van der Waals surface area contributed by atoms with E-state index in [2.05, 4.69) is 140 Å². The minimum atomic E-state index is -0.0553. The Morgan fingerprint density at radius 2 is 1.08 bits per heavy atom. The molecule has 0 spiro atoms. The molecule has 0 amide bonds. The number of aromatic nitrogens is 1. The highest BCUT2D eigenvalue weighted by Gasteiger charge is 2.29. The molecule has 2 heteroatoms. The van der Waals surface area contributed by atoms with Crippen LogP contribution in [0.1, 0.15) is 79.0 Å². The van der Waals surface area contributed by atoms with Crippen LogP contribution in [0.25, 0.3) is 49.4 Å². The monoisotopic (exact) mass is 501 g/mol. The maximum absolute atomic E-state index is 6.98. The zero-order valence-corrected chi connectivity index (χ0v) is 24.3. The first-order valence-corrected chi connectivity index (χ1v) is 13.8. The van der Waals surface area contributed by atoms with Crippen LogP contribution < -0.4 is 0 Å². The maximum atomic E-state index is 6.98. The van der Waals surface area contributed by atoms with E-state index in [0.29, 0.717) is 0 Å². The van der Waals surface area contributed by atoms with Gasteiger partial charge in [0.1, 0.15) is 11.2 Å². The Kier molecular flexibility index (Phi) is 5.21. The van der Waals surface area contributed by atoms with Crippen LogP contribution in [0.3, 0.4) is 0 Å². The molecule has 0 atom stereocenters. The number of hydrogen-bond donors (Lipinski definition) is 0. The van der Waals surface area contributed by atoms with Gasteiger partial charge in [-0.1, -0.05) is 111 Å². The van der Waals surface area contributed by atoms with Gasteiger partial charge in [-0.3, -0.25) is 0 Å². The molecule has 6 aromatic rings. The average Bonchev–Trinajstić information content (AvgIpc) is 3.37. The SMILES string of the molecule is CC(C)(C)c1cc(C(C)(C)C)c2oc3c(C(C)(C)C)ccc(-n4c5ccccc5c5ccccc54)c3c2c1. The Labute approximate surface area is 226 Å². The number of para-hydroxylation sites is 2. The Morgan fingerprint density at radius 1 is 0.526 bits per heavy atom. The topological polar surface area (TPSA) is 18.1 Å². The lowest BCUT2D eigenvalue weighted by Gasteiger charge is -2.25. The normalized spacial score (nSPS) is 13.4. The summed E-state index contributed by atoms with van der Waals surface area (Å²) in [5.74, 6) is 0. The molecule has 2 heterocycles. The molecule has 0 aliphatic rings. The minimum absolute atomic E-state index is 0.0203. The lowest BCUT2D eigenvalue weighted by Crippen LogP contribution is -2.16. The standard InChI is InChI=1S/C36H39NO/c1-34(2,3)22-20-25-31-30(37-28-16-12-10-14-23(28)24-15-11-13-17-29(24)37)19-18-26(35(4,5)6)33(31)38-32(25)27(21-22)36(7,8)9/h10-21H,1-9H3. The molecule has 0 radical (unpaired) electrons. The third kappa shape index (κ3) is 3.68. The molecular formula is C36H39NO. The van der Waals surface area contributed by atoms with Gasteiger partial charge in [-0.25, -0.2) is 0 Å². The molecule has 2 nitrogen and oxygen atoms in total. The van der Waals surface area contributed by atoms with Crippen molar-refractivity contribution in [2.45, 2.75) is 78.6 Å². The second kappa shape index (κ2) is 7.99. The van der Waals surface area contributed by atoms with Crippen LogP contribution in [0, 0.1) is 0 Å². The third-order valence-corrected chi connectivity index (χ3v) is 8.00. The fourth-order valence-electron chi connectivity index (χ4n) is 5.91. The summed E-state index contributed by atoms with van der Waals surface area (Å²) in [6.45, 7) is 20.6. The largest absolute Gasteiger partial charge is 0.455 e. The van der Waals surface area contributed by atoms with E-state index in [0.717, 1.165) is 11.2 Å². The van der Waals surface area contributed by atoms with Crippen LogP contribution >= 0.6 is 0 Å². The maximum Gasteiger partial charge on any atom is 0.141 e. The molecule has 38 heavy (non-hydrogen) atoms. The van der Waals surface area contributed by atoms with Crippen LogP contribution in [-0.4, -0.2) is 4.57 Å². The fraction of sp³-hybridized carbons (Fsp3) is 0.333. The van der Waals surface area contributed by atoms with E-state index in [4.69, 9.17) is 4.42 Å². The van der Waals surface area contributed by atoms with E-state index in [9.17, 15) is 0 Å². The van der Waals surface area contributed by atoms with Gasteiger partial charge in [-0.05, 0) is 46.1 Å². The van der Waals surface area contributed by atoms with Gasteiger partial charge in [0.2, 0.25) is 0 Å². The summed E-state index contributed by atoms with van der Waals surface area (Å²) < 4.78 is 9.42. The van der Waals surface area contributed by atoms with Gasteiger partial charge in [-0.2, -0.15) is 0 Å². The summed E-state index contributed by atoms with van der Waals surface area (Å²) in [7, 11) is 0. The molecule has 0 bridgehead atoms. The van der Waals surface area contributed by atoms with E-state index in [-0.39, 0.29) is 16.2 Å². The number of rotatable bonds is 1. The highest BCUT2D eigenvalue weighted by Crippen LogP contribution is 2.46. The first-order chi connectivity index (χ1) is 17.8. The zero-order chi connectivity index (χ0) is 27.2. The number of nitrogens with zero attached hydrogens (tertiary/aromatic N) is 1. The van der Waals surface area contributed by atoms with Crippen molar-refractivity contribution >= 4 is 43.7 Å². The van der Waals surface area contributed by atoms with Crippen LogP contribution in [0.2, 0.25) is 0 Å². The predicted octanol–water partition coefficient (Wildman–Crippen LogP) is 10.6. The van der Waals surface area contributed by atoms with Gasteiger partial charge in [0.15, 0.2) is 0 Å². The second-order valence-corrected chi connectivity index (χ2v) is 14.0. The van der Waals surface area contributed by atoms with Crippen LogP contribution in [0.4, 0.5) is 0 Å². The molecule has 0 N–H and O–H groups in total. The Balaban J connectivity index is 1.88. The lowest BCUT2D eigenvalue weighted by atomic mass is 9.79. The van der Waals surface area contributed by atoms with Crippen LogP contribution in [-0.2, 0) is 16.2 Å². The molecule has 0 saturated heterocycles. The zero-order valence-electron chi connectivity index (χ0n) is 24.3. The second-order valence-electron chi connectivity index (χ2n) is 14.0. The van der Waals surface area contributed by atoms with Crippen LogP contribution in [0.5, 0.6) is 0 Å². The number of benzene rings is 4. The van der Waals surface area contributed by atoms with Crippen molar-refractivity contribution in [2.75, 3.05) is 0 Å². The van der Waals surface area contributed by atoms with Gasteiger partial charge in [-0.15, -0.1) is 0 Å². The van der Waals surface area contributed by atoms with Gasteiger partial charge in [0.05, 0.1) is 22.1 Å². The molecule has 6 rings (SSSR count). The van der Waals surface area contributed by atoms with Crippen molar-refractivity contribution in [3.63, 3.8) is 0 Å². The van der Waals surface area contributed by atoms with E-state index in [1.54, 1.807) is 0 Å². The summed E-state index contributed by atoms with van der Waals surface area (Å²) in [4.78, 5) is 0. The van der Waals surface area contributed by atoms with Crippen LogP contribution in [0.15, 0.2) is 77.2 Å². The Morgan fingerprint density at radius 3 is 1.61 bits per heavy atom. The van der Waals surface area contributed by atoms with Gasteiger partial charge in [0, 0.05) is 27.3 Å². The first kappa shape index (κ1) is 24.8. The molecular weight excluding hydrogens is 462 g/mol. The molecule has 0 unspecified atom stereocenters. The smallest absolute Gasteiger partial charge is 0.141 e. The summed E-state index contributed by atoms with van der Waals surface area (Å²) in [6.07, 6.45) is 0. The third-order valence-electron chi connectivity index (χ3n) is 8.00. The highest BCUT2D eigenvalue weighted by atomic mass is 16.3. The number of hydrogen-bond acceptors (Lipinski definition) is 1. The van der Waals surface area contributed by atoms with E-state index in [1.165, 1.54) is 55.0 Å². The van der Waals surface area contributed by atoms with Crippen molar-refractivity contribution in [1.29, 1.82) is 0 Å². The number of furan rings is 1.